The number of rotatable bonds is 9. The Kier molecular flexibility index (Phi) is 8.19. The number of hydrogen-bond donors (Lipinski definition) is 2. The van der Waals surface area contributed by atoms with Crippen molar-refractivity contribution in [3.63, 3.8) is 0 Å². The molecular formula is C20H33N3O3. The Morgan fingerprint density at radius 2 is 2.15 bits per heavy atom. The van der Waals surface area contributed by atoms with E-state index in [1.54, 1.807) is 7.11 Å². The number of hydrogen-bond acceptors (Lipinski definition) is 5. The highest BCUT2D eigenvalue weighted by Crippen LogP contribution is 2.30. The van der Waals surface area contributed by atoms with Crippen LogP contribution in [0.15, 0.2) is 18.2 Å². The second-order valence-corrected chi connectivity index (χ2v) is 7.11. The maximum absolute atomic E-state index is 11.7. The molecule has 1 unspecified atom stereocenters. The van der Waals surface area contributed by atoms with Gasteiger partial charge in [0, 0.05) is 32.1 Å². The minimum atomic E-state index is 0.0369. The lowest BCUT2D eigenvalue weighted by Crippen LogP contribution is -2.46. The molecule has 1 amide bonds. The second-order valence-electron chi connectivity index (χ2n) is 7.11. The van der Waals surface area contributed by atoms with Gasteiger partial charge in [-0.05, 0) is 50.9 Å². The molecule has 1 aliphatic heterocycles. The van der Waals surface area contributed by atoms with E-state index in [0.29, 0.717) is 25.6 Å². The zero-order valence-corrected chi connectivity index (χ0v) is 16.3. The van der Waals surface area contributed by atoms with E-state index in [1.807, 2.05) is 19.9 Å². The zero-order chi connectivity index (χ0) is 18.9. The average Bonchev–Trinajstić information content (AvgIpc) is 2.62. The predicted octanol–water partition coefficient (Wildman–Crippen LogP) is 2.30. The lowest BCUT2D eigenvalue weighted by atomic mass is 10.0. The Balaban J connectivity index is 2.00. The first-order chi connectivity index (χ1) is 12.5. The molecule has 1 aromatic rings. The highest BCUT2D eigenvalue weighted by molar-refractivity contribution is 5.76. The topological polar surface area (TPSA) is 76.8 Å². The van der Waals surface area contributed by atoms with Gasteiger partial charge in [-0.3, -0.25) is 9.69 Å². The fraction of sp³-hybridized carbons (Fsp3) is 0.650. The quantitative estimate of drug-likeness (QED) is 0.704. The van der Waals surface area contributed by atoms with Gasteiger partial charge < -0.3 is 20.5 Å². The number of amides is 1. The molecule has 0 saturated carbocycles. The third-order valence-electron chi connectivity index (χ3n) is 4.63. The fourth-order valence-corrected chi connectivity index (χ4v) is 3.35. The molecule has 26 heavy (non-hydrogen) atoms. The molecule has 1 fully saturated rings. The molecular weight excluding hydrogens is 330 g/mol. The predicted molar refractivity (Wildman–Crippen MR) is 103 cm³/mol. The smallest absolute Gasteiger partial charge is 0.221 e. The van der Waals surface area contributed by atoms with E-state index >= 15 is 0 Å². The number of methoxy groups -OCH3 is 1. The summed E-state index contributed by atoms with van der Waals surface area (Å²) in [6.45, 7) is 6.98. The maximum Gasteiger partial charge on any atom is 0.221 e. The fourth-order valence-electron chi connectivity index (χ4n) is 3.35. The van der Waals surface area contributed by atoms with Gasteiger partial charge in [-0.1, -0.05) is 12.5 Å². The number of nitrogens with two attached hydrogens (primary N) is 1. The van der Waals surface area contributed by atoms with Gasteiger partial charge >= 0.3 is 0 Å². The van der Waals surface area contributed by atoms with Crippen LogP contribution in [0.2, 0.25) is 0 Å². The molecule has 1 aromatic carbocycles. The van der Waals surface area contributed by atoms with E-state index in [0.717, 1.165) is 31.0 Å². The van der Waals surface area contributed by atoms with Crippen LogP contribution in [0.5, 0.6) is 11.5 Å². The number of benzene rings is 1. The van der Waals surface area contributed by atoms with Crippen molar-refractivity contribution < 1.29 is 14.3 Å². The molecule has 6 nitrogen and oxygen atoms in total. The molecule has 0 radical (unpaired) electrons. The van der Waals surface area contributed by atoms with Crippen molar-refractivity contribution in [2.45, 2.75) is 58.2 Å². The summed E-state index contributed by atoms with van der Waals surface area (Å²) in [7, 11) is 1.67. The van der Waals surface area contributed by atoms with Crippen LogP contribution in [0.1, 0.15) is 45.1 Å². The van der Waals surface area contributed by atoms with Gasteiger partial charge in [-0.15, -0.1) is 0 Å². The highest BCUT2D eigenvalue weighted by atomic mass is 16.5. The van der Waals surface area contributed by atoms with Crippen LogP contribution in [-0.4, -0.2) is 49.7 Å². The zero-order valence-electron chi connectivity index (χ0n) is 16.3. The molecule has 3 N–H and O–H groups in total. The molecule has 0 aliphatic carbocycles. The number of nitrogens with one attached hydrogen (secondary N) is 1. The molecule has 2 rings (SSSR count). The number of piperidine rings is 1. The summed E-state index contributed by atoms with van der Waals surface area (Å²) < 4.78 is 11.3. The number of carbonyl (C=O) groups is 1. The first kappa shape index (κ1) is 20.5. The van der Waals surface area contributed by atoms with Crippen molar-refractivity contribution in [2.24, 2.45) is 5.73 Å². The summed E-state index contributed by atoms with van der Waals surface area (Å²) in [5, 5.41) is 3.02. The largest absolute Gasteiger partial charge is 0.493 e. The summed E-state index contributed by atoms with van der Waals surface area (Å²) in [6, 6.07) is 6.49. The van der Waals surface area contributed by atoms with Crippen LogP contribution >= 0.6 is 0 Å². The Morgan fingerprint density at radius 3 is 2.85 bits per heavy atom. The van der Waals surface area contributed by atoms with Gasteiger partial charge in [0.1, 0.15) is 0 Å². The second kappa shape index (κ2) is 10.4. The summed E-state index contributed by atoms with van der Waals surface area (Å²) in [4.78, 5) is 14.2. The molecule has 0 bridgehead atoms. The lowest BCUT2D eigenvalue weighted by molar-refractivity contribution is -0.121. The third kappa shape index (κ3) is 6.18. The van der Waals surface area contributed by atoms with Crippen molar-refractivity contribution in [2.75, 3.05) is 26.7 Å². The van der Waals surface area contributed by atoms with Gasteiger partial charge in [-0.25, -0.2) is 0 Å². The Labute approximate surface area is 157 Å². The van der Waals surface area contributed by atoms with Crippen molar-refractivity contribution >= 4 is 5.91 Å². The molecule has 0 spiro atoms. The Hall–Kier alpha value is -1.79. The lowest BCUT2D eigenvalue weighted by Gasteiger charge is -2.36. The van der Waals surface area contributed by atoms with E-state index in [1.165, 1.54) is 18.4 Å². The van der Waals surface area contributed by atoms with Gasteiger partial charge in [0.15, 0.2) is 11.5 Å². The molecule has 146 valence electrons. The van der Waals surface area contributed by atoms with Crippen LogP contribution in [0.4, 0.5) is 0 Å². The number of nitrogens with zero attached hydrogens (tertiary/aromatic N) is 1. The Bertz CT molecular complexity index is 577. The van der Waals surface area contributed by atoms with Crippen LogP contribution in [0, 0.1) is 0 Å². The number of carbonyl (C=O) groups excluding carboxylic acids is 1. The SMILES string of the molecule is COc1cc(CN2CCCCC2CNC(=O)CCN)ccc1OC(C)C. The minimum Gasteiger partial charge on any atom is -0.493 e. The average molecular weight is 364 g/mol. The number of ether oxygens (including phenoxy) is 2. The van der Waals surface area contributed by atoms with Gasteiger partial charge in [0.2, 0.25) is 5.91 Å². The van der Waals surface area contributed by atoms with E-state index in [4.69, 9.17) is 15.2 Å². The van der Waals surface area contributed by atoms with E-state index in [-0.39, 0.29) is 12.0 Å². The van der Waals surface area contributed by atoms with Crippen molar-refractivity contribution in [3.05, 3.63) is 23.8 Å². The van der Waals surface area contributed by atoms with E-state index in [9.17, 15) is 4.79 Å². The van der Waals surface area contributed by atoms with Gasteiger partial charge in [0.05, 0.1) is 13.2 Å². The van der Waals surface area contributed by atoms with Crippen LogP contribution in [0.3, 0.4) is 0 Å². The summed E-state index contributed by atoms with van der Waals surface area (Å²) in [5.41, 5.74) is 6.64. The van der Waals surface area contributed by atoms with Crippen molar-refractivity contribution in [1.29, 1.82) is 0 Å². The molecule has 1 aliphatic rings. The first-order valence-corrected chi connectivity index (χ1v) is 9.58. The molecule has 1 atom stereocenters. The molecule has 0 aromatic heterocycles. The number of likely N-dealkylation sites (tertiary alicyclic amines) is 1. The summed E-state index contributed by atoms with van der Waals surface area (Å²) in [6.07, 6.45) is 4.01. The maximum atomic E-state index is 11.7. The van der Waals surface area contributed by atoms with Crippen molar-refractivity contribution in [3.8, 4) is 11.5 Å². The first-order valence-electron chi connectivity index (χ1n) is 9.58. The molecule has 6 heteroatoms. The highest BCUT2D eigenvalue weighted by Gasteiger charge is 2.23. The van der Waals surface area contributed by atoms with E-state index < -0.39 is 0 Å². The Morgan fingerprint density at radius 1 is 1.35 bits per heavy atom. The normalized spacial score (nSPS) is 18.0. The third-order valence-corrected chi connectivity index (χ3v) is 4.63. The van der Waals surface area contributed by atoms with Crippen molar-refractivity contribution in [1.82, 2.24) is 10.2 Å². The minimum absolute atomic E-state index is 0.0369. The van der Waals surface area contributed by atoms with Gasteiger partial charge in [-0.2, -0.15) is 0 Å². The monoisotopic (exact) mass is 363 g/mol. The summed E-state index contributed by atoms with van der Waals surface area (Å²) >= 11 is 0. The van der Waals surface area contributed by atoms with Crippen LogP contribution in [0.25, 0.3) is 0 Å². The van der Waals surface area contributed by atoms with Gasteiger partial charge in [0.25, 0.3) is 0 Å². The van der Waals surface area contributed by atoms with Crippen LogP contribution < -0.4 is 20.5 Å². The standard InChI is InChI=1S/C20H33N3O3/c1-15(2)26-18-8-7-16(12-19(18)25-3)14-23-11-5-4-6-17(23)13-22-20(24)9-10-21/h7-8,12,15,17H,4-6,9-11,13-14,21H2,1-3H3,(H,22,24). The van der Waals surface area contributed by atoms with Crippen LogP contribution in [-0.2, 0) is 11.3 Å². The summed E-state index contributed by atoms with van der Waals surface area (Å²) in [5.74, 6) is 1.58. The van der Waals surface area contributed by atoms with E-state index in [2.05, 4.69) is 22.3 Å². The molecule has 1 heterocycles. The molecule has 1 saturated heterocycles.